The molecule has 0 aliphatic carbocycles. The van der Waals surface area contributed by atoms with Crippen molar-refractivity contribution in [2.24, 2.45) is 5.73 Å². The van der Waals surface area contributed by atoms with Gasteiger partial charge in [0.05, 0.1) is 0 Å². The van der Waals surface area contributed by atoms with E-state index >= 15 is 0 Å². The lowest BCUT2D eigenvalue weighted by Gasteiger charge is -2.16. The van der Waals surface area contributed by atoms with Crippen LogP contribution in [0.2, 0.25) is 0 Å². The molecule has 0 fully saturated rings. The Bertz CT molecular complexity index is 1100. The fraction of sp³-hybridized carbons (Fsp3) is 0.167. The van der Waals surface area contributed by atoms with E-state index in [1.807, 2.05) is 24.3 Å². The van der Waals surface area contributed by atoms with E-state index in [9.17, 15) is 14.0 Å². The fourth-order valence-electron chi connectivity index (χ4n) is 3.49. The van der Waals surface area contributed by atoms with Crippen LogP contribution in [0.15, 0.2) is 66.7 Å². The number of hydrogen-bond acceptors (Lipinski definition) is 3. The Hall–Kier alpha value is -3.71. The Kier molecular flexibility index (Phi) is 5.95. The molecule has 1 aliphatic heterocycles. The van der Waals surface area contributed by atoms with Crippen molar-refractivity contribution in [2.75, 3.05) is 5.32 Å². The van der Waals surface area contributed by atoms with E-state index in [2.05, 4.69) is 10.6 Å². The first-order valence-electron chi connectivity index (χ1n) is 10.0. The Balaban J connectivity index is 1.30. The summed E-state index contributed by atoms with van der Waals surface area (Å²) in [5.41, 5.74) is 10.5. The molecular formula is C24H23FN4O2. The lowest BCUT2D eigenvalue weighted by molar-refractivity contribution is 0.0951. The van der Waals surface area contributed by atoms with Crippen LogP contribution < -0.4 is 16.4 Å². The zero-order valence-corrected chi connectivity index (χ0v) is 16.9. The Morgan fingerprint density at radius 3 is 2.29 bits per heavy atom. The number of carbonyl (C=O) groups excluding carboxylic acids is 2. The molecule has 4 N–H and O–H groups in total. The van der Waals surface area contributed by atoms with Crippen LogP contribution in [0.25, 0.3) is 0 Å². The minimum atomic E-state index is -0.303. The molecule has 0 saturated carbocycles. The van der Waals surface area contributed by atoms with Gasteiger partial charge >= 0.3 is 6.03 Å². The minimum Gasteiger partial charge on any atom is -0.348 e. The van der Waals surface area contributed by atoms with Gasteiger partial charge < -0.3 is 21.3 Å². The van der Waals surface area contributed by atoms with E-state index in [-0.39, 0.29) is 17.8 Å². The number of nitrogens with zero attached hydrogens (tertiary/aromatic N) is 1. The zero-order valence-electron chi connectivity index (χ0n) is 16.9. The average molecular weight is 418 g/mol. The number of fused-ring (bicyclic) bond motifs is 1. The quantitative estimate of drug-likeness (QED) is 0.590. The molecule has 0 aromatic heterocycles. The highest BCUT2D eigenvalue weighted by molar-refractivity contribution is 5.95. The maximum absolute atomic E-state index is 13.4. The maximum Gasteiger partial charge on any atom is 0.322 e. The topological polar surface area (TPSA) is 87.5 Å². The van der Waals surface area contributed by atoms with Gasteiger partial charge in [0.2, 0.25) is 0 Å². The van der Waals surface area contributed by atoms with Crippen molar-refractivity contribution < 1.29 is 14.0 Å². The number of rotatable bonds is 5. The lowest BCUT2D eigenvalue weighted by Crippen LogP contribution is -2.30. The molecular weight excluding hydrogens is 395 g/mol. The van der Waals surface area contributed by atoms with Crippen molar-refractivity contribution in [1.82, 2.24) is 10.2 Å². The molecule has 1 aliphatic rings. The van der Waals surface area contributed by atoms with Crippen LogP contribution in [0.4, 0.5) is 14.9 Å². The second-order valence-electron chi connectivity index (χ2n) is 7.48. The van der Waals surface area contributed by atoms with Gasteiger partial charge in [-0.25, -0.2) is 9.18 Å². The van der Waals surface area contributed by atoms with Crippen molar-refractivity contribution in [1.29, 1.82) is 0 Å². The van der Waals surface area contributed by atoms with Gasteiger partial charge in [0.1, 0.15) is 5.82 Å². The van der Waals surface area contributed by atoms with Gasteiger partial charge in [-0.3, -0.25) is 4.79 Å². The molecule has 0 spiro atoms. The highest BCUT2D eigenvalue weighted by atomic mass is 19.1. The molecule has 0 saturated heterocycles. The van der Waals surface area contributed by atoms with Gasteiger partial charge in [0.15, 0.2) is 0 Å². The Labute approximate surface area is 179 Å². The number of urea groups is 1. The number of carbonyl (C=O) groups is 2. The third kappa shape index (κ3) is 4.90. The predicted octanol–water partition coefficient (Wildman–Crippen LogP) is 3.76. The first-order valence-corrected chi connectivity index (χ1v) is 10.0. The summed E-state index contributed by atoms with van der Waals surface area (Å²) in [7, 11) is 0. The molecule has 0 unspecified atom stereocenters. The maximum atomic E-state index is 13.4. The standard InChI is InChI=1S/C24H23FN4O2/c25-21-8-5-19-14-29(15-20(19)11-21)24(31)28-22-9-6-18(7-10-22)23(30)27-13-17-3-1-16(12-26)2-4-17/h1-11H,12-15,26H2,(H,27,30)(H,28,31). The van der Waals surface area contributed by atoms with Gasteiger partial charge in [-0.1, -0.05) is 30.3 Å². The summed E-state index contributed by atoms with van der Waals surface area (Å²) in [6.07, 6.45) is 0. The van der Waals surface area contributed by atoms with Crippen LogP contribution in [0.5, 0.6) is 0 Å². The third-order valence-corrected chi connectivity index (χ3v) is 5.29. The summed E-state index contributed by atoms with van der Waals surface area (Å²) in [5, 5.41) is 5.70. The number of halogens is 1. The van der Waals surface area contributed by atoms with E-state index in [4.69, 9.17) is 5.73 Å². The molecule has 6 nitrogen and oxygen atoms in total. The van der Waals surface area contributed by atoms with Crippen molar-refractivity contribution >= 4 is 17.6 Å². The molecule has 3 aromatic carbocycles. The van der Waals surface area contributed by atoms with Gasteiger partial charge in [-0.05, 0) is 58.7 Å². The van der Waals surface area contributed by atoms with E-state index in [0.717, 1.165) is 22.3 Å². The van der Waals surface area contributed by atoms with Crippen molar-refractivity contribution in [3.05, 3.63) is 100 Å². The second-order valence-corrected chi connectivity index (χ2v) is 7.48. The van der Waals surface area contributed by atoms with Gasteiger partial charge in [-0.2, -0.15) is 0 Å². The number of nitrogens with two attached hydrogens (primary N) is 1. The summed E-state index contributed by atoms with van der Waals surface area (Å²) in [6.45, 7) is 1.71. The van der Waals surface area contributed by atoms with Crippen LogP contribution in [0.1, 0.15) is 32.6 Å². The van der Waals surface area contributed by atoms with E-state index in [0.29, 0.717) is 37.4 Å². The fourth-order valence-corrected chi connectivity index (χ4v) is 3.49. The number of nitrogens with one attached hydrogen (secondary N) is 2. The third-order valence-electron chi connectivity index (χ3n) is 5.29. The predicted molar refractivity (Wildman–Crippen MR) is 117 cm³/mol. The van der Waals surface area contributed by atoms with Crippen LogP contribution in [-0.4, -0.2) is 16.8 Å². The Morgan fingerprint density at radius 2 is 1.58 bits per heavy atom. The van der Waals surface area contributed by atoms with Gasteiger partial charge in [0, 0.05) is 37.4 Å². The average Bonchev–Trinajstić information content (AvgIpc) is 3.22. The smallest absolute Gasteiger partial charge is 0.322 e. The first-order chi connectivity index (χ1) is 15.0. The van der Waals surface area contributed by atoms with E-state index in [1.54, 1.807) is 35.2 Å². The van der Waals surface area contributed by atoms with Crippen LogP contribution in [0.3, 0.4) is 0 Å². The highest BCUT2D eigenvalue weighted by Gasteiger charge is 2.23. The number of benzene rings is 3. The minimum absolute atomic E-state index is 0.196. The van der Waals surface area contributed by atoms with Crippen molar-refractivity contribution in [3.8, 4) is 0 Å². The molecule has 31 heavy (non-hydrogen) atoms. The summed E-state index contributed by atoms with van der Waals surface area (Å²) in [5.74, 6) is -0.500. The van der Waals surface area contributed by atoms with Crippen LogP contribution in [-0.2, 0) is 26.2 Å². The highest BCUT2D eigenvalue weighted by Crippen LogP contribution is 2.24. The molecule has 3 amide bonds. The van der Waals surface area contributed by atoms with Crippen molar-refractivity contribution in [2.45, 2.75) is 26.2 Å². The van der Waals surface area contributed by atoms with Gasteiger partial charge in [0.25, 0.3) is 5.91 Å². The lowest BCUT2D eigenvalue weighted by atomic mass is 10.1. The van der Waals surface area contributed by atoms with Crippen LogP contribution in [0, 0.1) is 5.82 Å². The molecule has 7 heteroatoms. The molecule has 0 radical (unpaired) electrons. The summed E-state index contributed by atoms with van der Waals surface area (Å²) in [6, 6.07) is 18.8. The normalized spacial score (nSPS) is 12.4. The summed E-state index contributed by atoms with van der Waals surface area (Å²) < 4.78 is 13.4. The Morgan fingerprint density at radius 1 is 0.903 bits per heavy atom. The molecule has 0 bridgehead atoms. The summed E-state index contributed by atoms with van der Waals surface area (Å²) >= 11 is 0. The zero-order chi connectivity index (χ0) is 21.8. The second kappa shape index (κ2) is 8.97. The van der Waals surface area contributed by atoms with Gasteiger partial charge in [-0.15, -0.1) is 0 Å². The van der Waals surface area contributed by atoms with Crippen molar-refractivity contribution in [3.63, 3.8) is 0 Å². The monoisotopic (exact) mass is 418 g/mol. The van der Waals surface area contributed by atoms with Crippen LogP contribution >= 0.6 is 0 Å². The first kappa shape index (κ1) is 20.6. The molecule has 158 valence electrons. The summed E-state index contributed by atoms with van der Waals surface area (Å²) in [4.78, 5) is 26.5. The van der Waals surface area contributed by atoms with E-state index < -0.39 is 0 Å². The molecule has 1 heterocycles. The van der Waals surface area contributed by atoms with E-state index in [1.165, 1.54) is 12.1 Å². The number of amides is 3. The molecule has 0 atom stereocenters. The SMILES string of the molecule is NCc1ccc(CNC(=O)c2ccc(NC(=O)N3Cc4ccc(F)cc4C3)cc2)cc1. The number of anilines is 1. The molecule has 4 rings (SSSR count). The number of hydrogen-bond donors (Lipinski definition) is 3. The molecule has 3 aromatic rings. The largest absolute Gasteiger partial charge is 0.348 e.